The van der Waals surface area contributed by atoms with Gasteiger partial charge in [-0.15, -0.1) is 0 Å². The maximum Gasteiger partial charge on any atom is 0.147 e. The summed E-state index contributed by atoms with van der Waals surface area (Å²) in [6.07, 6.45) is 7.67. The minimum atomic E-state index is -2.90. The Bertz CT molecular complexity index is 300. The molecule has 0 aliphatic heterocycles. The van der Waals surface area contributed by atoms with Gasteiger partial charge in [0.15, 0.2) is 0 Å². The standard InChI is InChI=1S/C11H20O3S/c1-15(13,14)8-4-7-11(12)9-10-5-2-3-6-10/h10H,2-9H2,1H3. The molecule has 15 heavy (non-hydrogen) atoms. The van der Waals surface area contributed by atoms with Crippen LogP contribution in [-0.2, 0) is 14.6 Å². The van der Waals surface area contributed by atoms with Crippen molar-refractivity contribution in [2.45, 2.75) is 44.9 Å². The van der Waals surface area contributed by atoms with E-state index in [1.54, 1.807) is 0 Å². The molecule has 0 heterocycles. The Kier molecular flexibility index (Phi) is 4.77. The lowest BCUT2D eigenvalue weighted by atomic mass is 9.99. The van der Waals surface area contributed by atoms with E-state index >= 15 is 0 Å². The highest BCUT2D eigenvalue weighted by Gasteiger charge is 2.18. The molecule has 1 rings (SSSR count). The molecule has 1 aliphatic rings. The van der Waals surface area contributed by atoms with Gasteiger partial charge in [-0.05, 0) is 12.3 Å². The van der Waals surface area contributed by atoms with Crippen molar-refractivity contribution in [3.05, 3.63) is 0 Å². The van der Waals surface area contributed by atoms with Crippen LogP contribution in [0.1, 0.15) is 44.9 Å². The Morgan fingerprint density at radius 2 is 1.87 bits per heavy atom. The number of sulfone groups is 1. The molecule has 88 valence electrons. The number of carbonyl (C=O) groups excluding carboxylic acids is 1. The molecule has 1 fully saturated rings. The first-order chi connectivity index (χ1) is 6.97. The van der Waals surface area contributed by atoms with Crippen LogP contribution in [0.15, 0.2) is 0 Å². The van der Waals surface area contributed by atoms with Gasteiger partial charge in [-0.1, -0.05) is 25.7 Å². The quantitative estimate of drug-likeness (QED) is 0.703. The van der Waals surface area contributed by atoms with Crippen LogP contribution in [0.4, 0.5) is 0 Å². The van der Waals surface area contributed by atoms with Gasteiger partial charge in [-0.3, -0.25) is 4.79 Å². The van der Waals surface area contributed by atoms with Crippen LogP contribution in [0.2, 0.25) is 0 Å². The van der Waals surface area contributed by atoms with Gasteiger partial charge in [0, 0.05) is 19.1 Å². The number of ketones is 1. The van der Waals surface area contributed by atoms with Crippen LogP contribution in [0.25, 0.3) is 0 Å². The number of carbonyl (C=O) groups is 1. The molecule has 4 heteroatoms. The largest absolute Gasteiger partial charge is 0.300 e. The second-order valence-corrected chi connectivity index (χ2v) is 6.89. The highest BCUT2D eigenvalue weighted by Crippen LogP contribution is 2.28. The first kappa shape index (κ1) is 12.7. The number of hydrogen-bond donors (Lipinski definition) is 0. The lowest BCUT2D eigenvalue weighted by Gasteiger charge is -2.06. The molecule has 0 atom stereocenters. The molecule has 3 nitrogen and oxygen atoms in total. The third-order valence-corrected chi connectivity index (χ3v) is 3.99. The van der Waals surface area contributed by atoms with E-state index in [0.717, 1.165) is 0 Å². The fraction of sp³-hybridized carbons (Fsp3) is 0.909. The summed E-state index contributed by atoms with van der Waals surface area (Å²) < 4.78 is 21.7. The zero-order valence-electron chi connectivity index (χ0n) is 9.37. The average molecular weight is 232 g/mol. The maximum absolute atomic E-state index is 11.5. The van der Waals surface area contributed by atoms with E-state index in [9.17, 15) is 13.2 Å². The molecule has 1 aliphatic carbocycles. The maximum atomic E-state index is 11.5. The fourth-order valence-corrected chi connectivity index (χ4v) is 2.84. The zero-order chi connectivity index (χ0) is 11.3. The van der Waals surface area contributed by atoms with Gasteiger partial charge in [0.2, 0.25) is 0 Å². The molecule has 0 bridgehead atoms. The molecule has 0 amide bonds. The molecule has 0 aromatic heterocycles. The predicted octanol–water partition coefficient (Wildman–Crippen LogP) is 1.96. The normalized spacial score (nSPS) is 18.2. The van der Waals surface area contributed by atoms with Crippen molar-refractivity contribution in [2.24, 2.45) is 5.92 Å². The molecule has 0 aromatic rings. The molecule has 1 saturated carbocycles. The summed E-state index contributed by atoms with van der Waals surface area (Å²) in [6.45, 7) is 0. The van der Waals surface area contributed by atoms with Crippen molar-refractivity contribution in [3.8, 4) is 0 Å². The second-order valence-electron chi connectivity index (χ2n) is 4.63. The molecule has 0 saturated heterocycles. The minimum Gasteiger partial charge on any atom is -0.300 e. The van der Waals surface area contributed by atoms with Crippen LogP contribution >= 0.6 is 0 Å². The third kappa shape index (κ3) is 5.92. The average Bonchev–Trinajstić information content (AvgIpc) is 2.54. The Morgan fingerprint density at radius 3 is 2.40 bits per heavy atom. The summed E-state index contributed by atoms with van der Waals surface area (Å²) >= 11 is 0. The summed E-state index contributed by atoms with van der Waals surface area (Å²) in [5, 5.41) is 0. The van der Waals surface area contributed by atoms with E-state index < -0.39 is 9.84 Å². The monoisotopic (exact) mass is 232 g/mol. The Balaban J connectivity index is 2.13. The van der Waals surface area contributed by atoms with E-state index in [-0.39, 0.29) is 11.5 Å². The zero-order valence-corrected chi connectivity index (χ0v) is 10.2. The number of Topliss-reactive ketones (excluding diaryl/α,β-unsaturated/α-hetero) is 1. The van der Waals surface area contributed by atoms with Gasteiger partial charge in [-0.25, -0.2) is 8.42 Å². The summed E-state index contributed by atoms with van der Waals surface area (Å²) in [5.74, 6) is 0.963. The molecule has 0 spiro atoms. The third-order valence-electron chi connectivity index (χ3n) is 2.96. The van der Waals surface area contributed by atoms with Crippen LogP contribution in [0.5, 0.6) is 0 Å². The number of rotatable bonds is 6. The highest BCUT2D eigenvalue weighted by atomic mass is 32.2. The fourth-order valence-electron chi connectivity index (χ4n) is 2.17. The molecular weight excluding hydrogens is 212 g/mol. The van der Waals surface area contributed by atoms with Crippen LogP contribution in [0, 0.1) is 5.92 Å². The van der Waals surface area contributed by atoms with Gasteiger partial charge in [0.1, 0.15) is 15.6 Å². The topological polar surface area (TPSA) is 51.2 Å². The first-order valence-corrected chi connectivity index (χ1v) is 7.73. The van der Waals surface area contributed by atoms with E-state index in [1.807, 2.05) is 0 Å². The van der Waals surface area contributed by atoms with Crippen molar-refractivity contribution >= 4 is 15.6 Å². The molecule has 0 radical (unpaired) electrons. The van der Waals surface area contributed by atoms with Gasteiger partial charge >= 0.3 is 0 Å². The van der Waals surface area contributed by atoms with Gasteiger partial charge in [0.05, 0.1) is 5.75 Å². The van der Waals surface area contributed by atoms with E-state index in [0.29, 0.717) is 25.2 Å². The lowest BCUT2D eigenvalue weighted by molar-refractivity contribution is -0.119. The Morgan fingerprint density at radius 1 is 1.27 bits per heavy atom. The van der Waals surface area contributed by atoms with Gasteiger partial charge in [0.25, 0.3) is 0 Å². The molecular formula is C11H20O3S. The molecule has 0 aromatic carbocycles. The molecule has 0 N–H and O–H groups in total. The summed E-state index contributed by atoms with van der Waals surface area (Å²) in [6, 6.07) is 0. The van der Waals surface area contributed by atoms with Crippen molar-refractivity contribution in [3.63, 3.8) is 0 Å². The predicted molar refractivity (Wildman–Crippen MR) is 60.5 cm³/mol. The Hall–Kier alpha value is -0.380. The van der Waals surface area contributed by atoms with Crippen molar-refractivity contribution in [2.75, 3.05) is 12.0 Å². The van der Waals surface area contributed by atoms with Crippen molar-refractivity contribution in [1.82, 2.24) is 0 Å². The highest BCUT2D eigenvalue weighted by molar-refractivity contribution is 7.90. The van der Waals surface area contributed by atoms with Crippen molar-refractivity contribution in [1.29, 1.82) is 0 Å². The number of hydrogen-bond acceptors (Lipinski definition) is 3. The van der Waals surface area contributed by atoms with Gasteiger partial charge in [-0.2, -0.15) is 0 Å². The first-order valence-electron chi connectivity index (χ1n) is 5.67. The Labute approximate surface area is 92.2 Å². The minimum absolute atomic E-state index is 0.142. The van der Waals surface area contributed by atoms with Crippen LogP contribution < -0.4 is 0 Å². The van der Waals surface area contributed by atoms with E-state index in [2.05, 4.69) is 0 Å². The van der Waals surface area contributed by atoms with E-state index in [1.165, 1.54) is 31.9 Å². The van der Waals surface area contributed by atoms with E-state index in [4.69, 9.17) is 0 Å². The summed E-state index contributed by atoms with van der Waals surface area (Å²) in [7, 11) is -2.90. The van der Waals surface area contributed by atoms with Crippen LogP contribution in [-0.4, -0.2) is 26.2 Å². The second kappa shape index (κ2) is 5.64. The SMILES string of the molecule is CS(=O)(=O)CCCC(=O)CC1CCCC1. The molecule has 0 unspecified atom stereocenters. The van der Waals surface area contributed by atoms with Crippen LogP contribution in [0.3, 0.4) is 0 Å². The lowest BCUT2D eigenvalue weighted by Crippen LogP contribution is -2.09. The summed E-state index contributed by atoms with van der Waals surface area (Å²) in [5.41, 5.74) is 0. The van der Waals surface area contributed by atoms with Gasteiger partial charge < -0.3 is 0 Å². The summed E-state index contributed by atoms with van der Waals surface area (Å²) in [4.78, 5) is 11.5. The van der Waals surface area contributed by atoms with Crippen molar-refractivity contribution < 1.29 is 13.2 Å². The smallest absolute Gasteiger partial charge is 0.147 e.